The van der Waals surface area contributed by atoms with Crippen molar-refractivity contribution in [3.63, 3.8) is 0 Å². The van der Waals surface area contributed by atoms with Gasteiger partial charge in [0.15, 0.2) is 0 Å². The van der Waals surface area contributed by atoms with E-state index in [9.17, 15) is 4.79 Å². The van der Waals surface area contributed by atoms with Crippen LogP contribution in [0.25, 0.3) is 0 Å². The van der Waals surface area contributed by atoms with Crippen LogP contribution in [0.5, 0.6) is 0 Å². The molecule has 1 N–H and O–H groups in total. The average molecular weight is 241 g/mol. The first-order valence-electron chi connectivity index (χ1n) is 5.19. The zero-order valence-electron chi connectivity index (χ0n) is 9.88. The van der Waals surface area contributed by atoms with E-state index in [1.54, 1.807) is 6.07 Å². The molecule has 0 unspecified atom stereocenters. The van der Waals surface area contributed by atoms with Gasteiger partial charge in [0.1, 0.15) is 0 Å². The second-order valence-corrected chi connectivity index (χ2v) is 4.51. The number of halogens is 1. The molecule has 1 aromatic rings. The Bertz CT molecular complexity index is 357. The lowest BCUT2D eigenvalue weighted by Gasteiger charge is -2.10. The monoisotopic (exact) mass is 240 g/mol. The zero-order chi connectivity index (χ0) is 12.1. The normalized spacial score (nSPS) is 10.6. The molecule has 0 aliphatic rings. The number of hydrogen-bond acceptors (Lipinski definition) is 2. The molecule has 0 spiro atoms. The summed E-state index contributed by atoms with van der Waals surface area (Å²) in [6, 6.07) is 5.34. The first-order chi connectivity index (χ1) is 7.49. The average Bonchev–Trinajstić information content (AvgIpc) is 2.15. The van der Waals surface area contributed by atoms with Crippen molar-refractivity contribution < 1.29 is 4.79 Å². The van der Waals surface area contributed by atoms with Crippen LogP contribution in [0.15, 0.2) is 18.2 Å². The first kappa shape index (κ1) is 13.0. The molecule has 0 radical (unpaired) electrons. The summed E-state index contributed by atoms with van der Waals surface area (Å²) in [7, 11) is 3.94. The molecule has 0 aliphatic heterocycles. The minimum absolute atomic E-state index is 0.0764. The number of rotatable bonds is 4. The number of likely N-dealkylation sites (N-methyl/N-ethyl adjacent to an activating group) is 1. The van der Waals surface area contributed by atoms with Crippen molar-refractivity contribution in [3.05, 3.63) is 34.3 Å². The molecule has 0 saturated heterocycles. The number of amides is 1. The summed E-state index contributed by atoms with van der Waals surface area (Å²) in [6.07, 6.45) is 0. The van der Waals surface area contributed by atoms with Crippen LogP contribution < -0.4 is 5.32 Å². The van der Waals surface area contributed by atoms with E-state index in [0.717, 1.165) is 12.1 Å². The number of nitrogens with one attached hydrogen (secondary N) is 1. The summed E-state index contributed by atoms with van der Waals surface area (Å²) < 4.78 is 0. The standard InChI is InChI=1S/C12H17ClN2O/c1-9-6-10(8-11(13)7-9)12(16)14-4-5-15(2)3/h6-8H,4-5H2,1-3H3,(H,14,16). The van der Waals surface area contributed by atoms with Crippen molar-refractivity contribution >= 4 is 17.5 Å². The molecule has 0 aliphatic carbocycles. The Morgan fingerprint density at radius 3 is 2.62 bits per heavy atom. The Labute approximate surface area is 101 Å². The van der Waals surface area contributed by atoms with Gasteiger partial charge in [0.2, 0.25) is 0 Å². The van der Waals surface area contributed by atoms with Gasteiger partial charge in [0.05, 0.1) is 0 Å². The highest BCUT2D eigenvalue weighted by atomic mass is 35.5. The smallest absolute Gasteiger partial charge is 0.251 e. The summed E-state index contributed by atoms with van der Waals surface area (Å²) in [5.41, 5.74) is 1.61. The molecule has 88 valence electrons. The highest BCUT2D eigenvalue weighted by Crippen LogP contribution is 2.14. The Hall–Kier alpha value is -1.06. The van der Waals surface area contributed by atoms with Gasteiger partial charge in [-0.05, 0) is 44.8 Å². The quantitative estimate of drug-likeness (QED) is 0.873. The van der Waals surface area contributed by atoms with Crippen LogP contribution in [0.3, 0.4) is 0 Å². The zero-order valence-corrected chi connectivity index (χ0v) is 10.6. The largest absolute Gasteiger partial charge is 0.351 e. The topological polar surface area (TPSA) is 32.3 Å². The van der Waals surface area contributed by atoms with Crippen LogP contribution in [0.4, 0.5) is 0 Å². The van der Waals surface area contributed by atoms with Crippen LogP contribution >= 0.6 is 11.6 Å². The molecule has 0 bridgehead atoms. The maximum absolute atomic E-state index is 11.7. The molecular formula is C12H17ClN2O. The first-order valence-corrected chi connectivity index (χ1v) is 5.57. The van der Waals surface area contributed by atoms with Crippen molar-refractivity contribution in [3.8, 4) is 0 Å². The molecule has 1 rings (SSSR count). The number of nitrogens with zero attached hydrogens (tertiary/aromatic N) is 1. The van der Waals surface area contributed by atoms with Gasteiger partial charge in [-0.2, -0.15) is 0 Å². The molecule has 1 aromatic carbocycles. The Morgan fingerprint density at radius 1 is 1.38 bits per heavy atom. The summed E-state index contributed by atoms with van der Waals surface area (Å²) in [5.74, 6) is -0.0764. The van der Waals surface area contributed by atoms with E-state index in [1.807, 2.05) is 38.1 Å². The van der Waals surface area contributed by atoms with Gasteiger partial charge < -0.3 is 10.2 Å². The van der Waals surface area contributed by atoms with Crippen LogP contribution in [0.1, 0.15) is 15.9 Å². The molecule has 0 heterocycles. The lowest BCUT2D eigenvalue weighted by atomic mass is 10.1. The summed E-state index contributed by atoms with van der Waals surface area (Å²) in [6.45, 7) is 3.38. The van der Waals surface area contributed by atoms with E-state index in [0.29, 0.717) is 17.1 Å². The Morgan fingerprint density at radius 2 is 2.06 bits per heavy atom. The number of benzene rings is 1. The van der Waals surface area contributed by atoms with Gasteiger partial charge in [0.25, 0.3) is 5.91 Å². The lowest BCUT2D eigenvalue weighted by Crippen LogP contribution is -2.31. The minimum atomic E-state index is -0.0764. The maximum Gasteiger partial charge on any atom is 0.251 e. The lowest BCUT2D eigenvalue weighted by molar-refractivity contribution is 0.0951. The van der Waals surface area contributed by atoms with Crippen molar-refractivity contribution in [2.24, 2.45) is 0 Å². The highest BCUT2D eigenvalue weighted by Gasteiger charge is 2.06. The molecule has 0 saturated carbocycles. The van der Waals surface area contributed by atoms with Gasteiger partial charge >= 0.3 is 0 Å². The van der Waals surface area contributed by atoms with Crippen molar-refractivity contribution in [2.45, 2.75) is 6.92 Å². The van der Waals surface area contributed by atoms with Crippen molar-refractivity contribution in [1.29, 1.82) is 0 Å². The third-order valence-electron chi connectivity index (χ3n) is 2.15. The number of aryl methyl sites for hydroxylation is 1. The van der Waals surface area contributed by atoms with Crippen LogP contribution in [0.2, 0.25) is 5.02 Å². The van der Waals surface area contributed by atoms with E-state index >= 15 is 0 Å². The molecule has 3 nitrogen and oxygen atoms in total. The van der Waals surface area contributed by atoms with E-state index in [4.69, 9.17) is 11.6 Å². The number of hydrogen-bond donors (Lipinski definition) is 1. The van der Waals surface area contributed by atoms with Crippen molar-refractivity contribution in [1.82, 2.24) is 10.2 Å². The number of carbonyl (C=O) groups is 1. The predicted molar refractivity (Wildman–Crippen MR) is 67.1 cm³/mol. The van der Waals surface area contributed by atoms with Crippen LogP contribution in [-0.4, -0.2) is 38.0 Å². The third-order valence-corrected chi connectivity index (χ3v) is 2.37. The van der Waals surface area contributed by atoms with E-state index in [-0.39, 0.29) is 5.91 Å². The van der Waals surface area contributed by atoms with E-state index in [2.05, 4.69) is 5.32 Å². The Kier molecular flexibility index (Phi) is 4.77. The fraction of sp³-hybridized carbons (Fsp3) is 0.417. The minimum Gasteiger partial charge on any atom is -0.351 e. The molecular weight excluding hydrogens is 224 g/mol. The molecule has 0 aromatic heterocycles. The van der Waals surface area contributed by atoms with Crippen molar-refractivity contribution in [2.75, 3.05) is 27.2 Å². The summed E-state index contributed by atoms with van der Waals surface area (Å²) >= 11 is 5.89. The highest BCUT2D eigenvalue weighted by molar-refractivity contribution is 6.31. The van der Waals surface area contributed by atoms with Crippen LogP contribution in [0, 0.1) is 6.92 Å². The molecule has 1 amide bonds. The third kappa shape index (κ3) is 4.21. The van der Waals surface area contributed by atoms with Gasteiger partial charge in [-0.1, -0.05) is 11.6 Å². The Balaban J connectivity index is 2.59. The van der Waals surface area contributed by atoms with Crippen LogP contribution in [-0.2, 0) is 0 Å². The molecule has 0 fully saturated rings. The molecule has 4 heteroatoms. The van der Waals surface area contributed by atoms with E-state index < -0.39 is 0 Å². The fourth-order valence-electron chi connectivity index (χ4n) is 1.36. The SMILES string of the molecule is Cc1cc(Cl)cc(C(=O)NCCN(C)C)c1. The maximum atomic E-state index is 11.7. The van der Waals surface area contributed by atoms with Gasteiger partial charge in [-0.25, -0.2) is 0 Å². The summed E-state index contributed by atoms with van der Waals surface area (Å²) in [4.78, 5) is 13.8. The fourth-order valence-corrected chi connectivity index (χ4v) is 1.65. The van der Waals surface area contributed by atoms with Gasteiger partial charge in [-0.15, -0.1) is 0 Å². The predicted octanol–water partition coefficient (Wildman–Crippen LogP) is 1.94. The van der Waals surface area contributed by atoms with Gasteiger partial charge in [0, 0.05) is 23.7 Å². The summed E-state index contributed by atoms with van der Waals surface area (Å²) in [5, 5.41) is 3.44. The van der Waals surface area contributed by atoms with Gasteiger partial charge in [-0.3, -0.25) is 4.79 Å². The second kappa shape index (κ2) is 5.87. The molecule has 0 atom stereocenters. The van der Waals surface area contributed by atoms with E-state index in [1.165, 1.54) is 0 Å². The molecule has 16 heavy (non-hydrogen) atoms. The second-order valence-electron chi connectivity index (χ2n) is 4.08. The number of carbonyl (C=O) groups excluding carboxylic acids is 1.